The first kappa shape index (κ1) is 29.5. The summed E-state index contributed by atoms with van der Waals surface area (Å²) in [6.07, 6.45) is 7.29. The smallest absolute Gasteiger partial charge is 0.192 e. The molecule has 0 radical (unpaired) electrons. The maximum Gasteiger partial charge on any atom is 0.192 e. The van der Waals surface area contributed by atoms with Crippen LogP contribution < -0.4 is 0 Å². The lowest BCUT2D eigenvalue weighted by Gasteiger charge is -2.41. The molecule has 0 saturated carbocycles. The molecule has 0 heterocycles. The normalized spacial score (nSPS) is 18.9. The van der Waals surface area contributed by atoms with Gasteiger partial charge in [-0.3, -0.25) is 0 Å². The zero-order chi connectivity index (χ0) is 24.1. The van der Waals surface area contributed by atoms with Crippen molar-refractivity contribution < 1.29 is 13.6 Å². The Labute approximate surface area is 190 Å². The van der Waals surface area contributed by atoms with E-state index in [0.717, 1.165) is 6.29 Å². The number of hydrogen-bond acceptors (Lipinski definition) is 3. The van der Waals surface area contributed by atoms with E-state index in [1.807, 2.05) is 6.92 Å². The van der Waals surface area contributed by atoms with E-state index in [4.69, 9.17) is 8.85 Å². The van der Waals surface area contributed by atoms with Gasteiger partial charge >= 0.3 is 0 Å². The van der Waals surface area contributed by atoms with E-state index >= 15 is 0 Å². The predicted molar refractivity (Wildman–Crippen MR) is 137 cm³/mol. The molecule has 0 aromatic rings. The fraction of sp³-hybridized carbons (Fsp3) is 0.800. The van der Waals surface area contributed by atoms with E-state index in [1.165, 1.54) is 5.57 Å². The molecule has 0 aromatic heterocycles. The fourth-order valence-corrected chi connectivity index (χ4v) is 5.29. The van der Waals surface area contributed by atoms with E-state index in [9.17, 15) is 4.79 Å². The summed E-state index contributed by atoms with van der Waals surface area (Å²) in [7, 11) is -3.90. The second-order valence-electron chi connectivity index (χ2n) is 11.9. The summed E-state index contributed by atoms with van der Waals surface area (Å²) >= 11 is 0. The number of aldehydes is 1. The maximum absolute atomic E-state index is 11.6. The molecule has 0 aliphatic heterocycles. The van der Waals surface area contributed by atoms with Crippen molar-refractivity contribution in [2.45, 2.75) is 118 Å². The summed E-state index contributed by atoms with van der Waals surface area (Å²) in [5.41, 5.74) is 1.25. The monoisotopic (exact) mass is 454 g/mol. The molecule has 0 aliphatic carbocycles. The Balaban J connectivity index is 5.79. The number of carbonyl (C=O) groups is 1. The van der Waals surface area contributed by atoms with Crippen LogP contribution >= 0.6 is 0 Å². The summed E-state index contributed by atoms with van der Waals surface area (Å²) in [6, 6.07) is 0. The van der Waals surface area contributed by atoms with Crippen molar-refractivity contribution in [1.82, 2.24) is 0 Å². The van der Waals surface area contributed by atoms with Crippen molar-refractivity contribution in [3.63, 3.8) is 0 Å². The molecule has 0 fully saturated rings. The molecule has 5 heteroatoms. The molecule has 0 saturated heterocycles. The highest BCUT2D eigenvalue weighted by Crippen LogP contribution is 2.40. The molecule has 0 amide bonds. The molecular weight excluding hydrogens is 404 g/mol. The minimum Gasteiger partial charge on any atom is -0.410 e. The number of carbonyl (C=O) groups excluding carboxylic acids is 1. The second kappa shape index (κ2) is 10.9. The molecule has 0 N–H and O–H groups in total. The van der Waals surface area contributed by atoms with Gasteiger partial charge < -0.3 is 13.6 Å². The zero-order valence-corrected chi connectivity index (χ0v) is 24.3. The van der Waals surface area contributed by atoms with Crippen LogP contribution in [0.5, 0.6) is 0 Å². The minimum atomic E-state index is -1.98. The van der Waals surface area contributed by atoms with Crippen LogP contribution in [0.15, 0.2) is 23.8 Å². The second-order valence-corrected chi connectivity index (χ2v) is 21.4. The van der Waals surface area contributed by atoms with Gasteiger partial charge in [-0.2, -0.15) is 0 Å². The van der Waals surface area contributed by atoms with Crippen LogP contribution in [0.25, 0.3) is 0 Å². The van der Waals surface area contributed by atoms with E-state index < -0.39 is 16.6 Å². The summed E-state index contributed by atoms with van der Waals surface area (Å²) < 4.78 is 13.4. The number of rotatable bonds is 10. The average Bonchev–Trinajstić information content (AvgIpc) is 2.59. The van der Waals surface area contributed by atoms with E-state index in [2.05, 4.69) is 107 Å². The molecule has 0 spiro atoms. The highest BCUT2D eigenvalue weighted by molar-refractivity contribution is 6.74. The van der Waals surface area contributed by atoms with Crippen LogP contribution in [0.1, 0.15) is 69.2 Å². The third-order valence-corrected chi connectivity index (χ3v) is 16.1. The Morgan fingerprint density at radius 3 is 1.60 bits per heavy atom. The van der Waals surface area contributed by atoms with Crippen LogP contribution in [0.2, 0.25) is 36.3 Å². The summed E-state index contributed by atoms with van der Waals surface area (Å²) in [6.45, 7) is 31.0. The Kier molecular flexibility index (Phi) is 10.7. The van der Waals surface area contributed by atoms with Crippen molar-refractivity contribution in [2.24, 2.45) is 11.8 Å². The Morgan fingerprint density at radius 2 is 1.23 bits per heavy atom. The molecule has 4 atom stereocenters. The molecule has 0 rings (SSSR count). The third-order valence-electron chi connectivity index (χ3n) is 7.18. The van der Waals surface area contributed by atoms with Crippen molar-refractivity contribution >= 4 is 22.9 Å². The molecule has 0 aromatic carbocycles. The van der Waals surface area contributed by atoms with E-state index in [1.54, 1.807) is 0 Å². The minimum absolute atomic E-state index is 0.0344. The first-order chi connectivity index (χ1) is 13.3. The van der Waals surface area contributed by atoms with Gasteiger partial charge in [0.1, 0.15) is 6.29 Å². The lowest BCUT2D eigenvalue weighted by Crippen LogP contribution is -2.46. The zero-order valence-electron chi connectivity index (χ0n) is 22.3. The number of hydrogen-bond donors (Lipinski definition) is 0. The molecule has 0 bridgehead atoms. The van der Waals surface area contributed by atoms with Gasteiger partial charge in [-0.05, 0) is 55.7 Å². The van der Waals surface area contributed by atoms with Gasteiger partial charge in [-0.25, -0.2) is 0 Å². The summed E-state index contributed by atoms with van der Waals surface area (Å²) in [4.78, 5) is 11.6. The van der Waals surface area contributed by atoms with Gasteiger partial charge in [0, 0.05) is 11.8 Å². The summed E-state index contributed by atoms with van der Waals surface area (Å²) in [5.74, 6) is 0.0184. The molecule has 0 aliphatic rings. The Bertz CT molecular complexity index is 607. The van der Waals surface area contributed by atoms with Crippen molar-refractivity contribution in [3.8, 4) is 0 Å². The lowest BCUT2D eigenvalue weighted by atomic mass is 9.96. The summed E-state index contributed by atoms with van der Waals surface area (Å²) in [5, 5.41) is 0.255. The lowest BCUT2D eigenvalue weighted by molar-refractivity contribution is -0.112. The van der Waals surface area contributed by atoms with Gasteiger partial charge in [-0.1, -0.05) is 73.6 Å². The topological polar surface area (TPSA) is 35.5 Å². The SMILES string of the molecule is C/C=C(\C)[C@@H](O[Si](C)(C)C(C)(C)C)[C@@H](C)/C=C/[C@@H](O[Si](C)(C)C(C)(C)C)[C@@H](C)C=O. The first-order valence-electron chi connectivity index (χ1n) is 11.4. The molecular formula is C25H50O3Si2. The van der Waals surface area contributed by atoms with Gasteiger partial charge in [0.05, 0.1) is 12.2 Å². The quantitative estimate of drug-likeness (QED) is 0.192. The predicted octanol–water partition coefficient (Wildman–Crippen LogP) is 7.76. The van der Waals surface area contributed by atoms with Crippen LogP contribution in [0.4, 0.5) is 0 Å². The van der Waals surface area contributed by atoms with Crippen LogP contribution in [0.3, 0.4) is 0 Å². The van der Waals surface area contributed by atoms with Crippen LogP contribution in [-0.2, 0) is 13.6 Å². The van der Waals surface area contributed by atoms with Crippen molar-refractivity contribution in [1.29, 1.82) is 0 Å². The molecule has 3 nitrogen and oxygen atoms in total. The van der Waals surface area contributed by atoms with Gasteiger partial charge in [0.15, 0.2) is 16.6 Å². The highest BCUT2D eigenvalue weighted by Gasteiger charge is 2.41. The van der Waals surface area contributed by atoms with Gasteiger partial charge in [-0.15, -0.1) is 0 Å². The largest absolute Gasteiger partial charge is 0.410 e. The number of allylic oxidation sites excluding steroid dienone is 1. The molecule has 0 unspecified atom stereocenters. The van der Waals surface area contributed by atoms with Gasteiger partial charge in [0.25, 0.3) is 0 Å². The Hall–Kier alpha value is -0.496. The first-order valence-corrected chi connectivity index (χ1v) is 17.2. The van der Waals surface area contributed by atoms with Crippen LogP contribution in [-0.4, -0.2) is 35.1 Å². The Morgan fingerprint density at radius 1 is 0.800 bits per heavy atom. The molecule has 176 valence electrons. The van der Waals surface area contributed by atoms with E-state index in [-0.39, 0.29) is 34.1 Å². The highest BCUT2D eigenvalue weighted by atomic mass is 28.4. The van der Waals surface area contributed by atoms with Crippen LogP contribution in [0, 0.1) is 11.8 Å². The fourth-order valence-electron chi connectivity index (χ4n) is 2.58. The van der Waals surface area contributed by atoms with Gasteiger partial charge in [0.2, 0.25) is 0 Å². The molecule has 30 heavy (non-hydrogen) atoms. The van der Waals surface area contributed by atoms with E-state index in [0.29, 0.717) is 0 Å². The standard InChI is InChI=1S/C25H50O3Si2/c1-15-19(2)23(28-30(13,14)25(8,9)10)20(3)16-17-22(21(4)18-26)27-29(11,12)24(5,6)7/h15-18,20-23H,1-14H3/b17-16+,19-15+/t20-,21-,22+,23+/m0/s1. The maximum atomic E-state index is 11.6. The third kappa shape index (κ3) is 8.21. The van der Waals surface area contributed by atoms with Crippen molar-refractivity contribution in [3.05, 3.63) is 23.8 Å². The average molecular weight is 455 g/mol. The van der Waals surface area contributed by atoms with Crippen molar-refractivity contribution in [2.75, 3.05) is 0 Å².